The highest BCUT2D eigenvalue weighted by Crippen LogP contribution is 2.23. The Morgan fingerprint density at radius 1 is 1.15 bits per heavy atom. The summed E-state index contributed by atoms with van der Waals surface area (Å²) in [5, 5.41) is 2.93. The number of amides is 1. The Hall–Kier alpha value is -3.41. The van der Waals surface area contributed by atoms with Gasteiger partial charge in [-0.1, -0.05) is 29.8 Å². The molecule has 0 unspecified atom stereocenters. The van der Waals surface area contributed by atoms with Gasteiger partial charge in [0.25, 0.3) is 0 Å². The highest BCUT2D eigenvalue weighted by atomic mass is 16.3. The zero-order chi connectivity index (χ0) is 18.6. The minimum atomic E-state index is -0.0210. The van der Waals surface area contributed by atoms with Crippen LogP contribution in [0.15, 0.2) is 65.6 Å². The fraction of sp³-hybridized carbons (Fsp3) is 0.190. The summed E-state index contributed by atoms with van der Waals surface area (Å²) < 4.78 is 7.78. The van der Waals surface area contributed by atoms with Gasteiger partial charge in [-0.15, -0.1) is 0 Å². The van der Waals surface area contributed by atoms with E-state index in [1.165, 1.54) is 5.56 Å². The van der Waals surface area contributed by atoms with Crippen LogP contribution in [0.4, 0.5) is 0 Å². The van der Waals surface area contributed by atoms with Crippen molar-refractivity contribution in [2.24, 2.45) is 0 Å². The molecule has 6 nitrogen and oxygen atoms in total. The average molecular weight is 360 g/mol. The molecule has 0 spiro atoms. The van der Waals surface area contributed by atoms with Crippen molar-refractivity contribution in [3.8, 4) is 11.3 Å². The van der Waals surface area contributed by atoms with Gasteiger partial charge in [0.15, 0.2) is 5.65 Å². The second-order valence-electron chi connectivity index (χ2n) is 6.46. The van der Waals surface area contributed by atoms with E-state index in [2.05, 4.69) is 34.3 Å². The van der Waals surface area contributed by atoms with E-state index in [-0.39, 0.29) is 5.91 Å². The van der Waals surface area contributed by atoms with Crippen molar-refractivity contribution in [3.05, 3.63) is 78.2 Å². The second kappa shape index (κ2) is 7.45. The number of imidazole rings is 1. The van der Waals surface area contributed by atoms with Gasteiger partial charge in [0.2, 0.25) is 5.91 Å². The minimum Gasteiger partial charge on any atom is -0.461 e. The standard InChI is InChI=1S/C21H20N4O2/c1-15-2-4-16(5-3-15)19-8-6-18(27-19)7-9-21(26)24-13-17-12-23-20-14-22-10-11-25(17)20/h2-6,8,10-12,14H,7,9,13H2,1H3,(H,24,26). The van der Waals surface area contributed by atoms with Crippen LogP contribution in [0.2, 0.25) is 0 Å². The summed E-state index contributed by atoms with van der Waals surface area (Å²) in [6.45, 7) is 2.48. The summed E-state index contributed by atoms with van der Waals surface area (Å²) >= 11 is 0. The van der Waals surface area contributed by atoms with Crippen molar-refractivity contribution in [2.45, 2.75) is 26.3 Å². The van der Waals surface area contributed by atoms with Crippen molar-refractivity contribution in [3.63, 3.8) is 0 Å². The van der Waals surface area contributed by atoms with Crippen LogP contribution in [0, 0.1) is 6.92 Å². The summed E-state index contributed by atoms with van der Waals surface area (Å²) in [5.41, 5.74) is 3.93. The van der Waals surface area contributed by atoms with E-state index in [1.807, 2.05) is 34.9 Å². The topological polar surface area (TPSA) is 72.4 Å². The normalized spacial score (nSPS) is 11.0. The van der Waals surface area contributed by atoms with Crippen molar-refractivity contribution < 1.29 is 9.21 Å². The van der Waals surface area contributed by atoms with Gasteiger partial charge in [-0.3, -0.25) is 14.2 Å². The molecule has 6 heteroatoms. The van der Waals surface area contributed by atoms with Gasteiger partial charge in [-0.2, -0.15) is 0 Å². The molecule has 4 aromatic rings. The van der Waals surface area contributed by atoms with Crippen molar-refractivity contribution in [1.29, 1.82) is 0 Å². The number of aromatic nitrogens is 3. The summed E-state index contributed by atoms with van der Waals surface area (Å²) in [7, 11) is 0. The molecule has 3 aromatic heterocycles. The second-order valence-corrected chi connectivity index (χ2v) is 6.46. The van der Waals surface area contributed by atoms with Gasteiger partial charge >= 0.3 is 0 Å². The molecule has 1 amide bonds. The number of fused-ring (bicyclic) bond motifs is 1. The molecule has 0 aliphatic heterocycles. The first-order valence-electron chi connectivity index (χ1n) is 8.87. The Kier molecular flexibility index (Phi) is 4.70. The first-order chi connectivity index (χ1) is 13.2. The maximum Gasteiger partial charge on any atom is 0.220 e. The number of nitrogens with one attached hydrogen (secondary N) is 1. The Morgan fingerprint density at radius 2 is 2.00 bits per heavy atom. The lowest BCUT2D eigenvalue weighted by molar-refractivity contribution is -0.121. The SMILES string of the molecule is Cc1ccc(-c2ccc(CCC(=O)NCc3cnc4cnccn34)o2)cc1. The Bertz CT molecular complexity index is 1060. The van der Waals surface area contributed by atoms with Crippen molar-refractivity contribution in [2.75, 3.05) is 0 Å². The summed E-state index contributed by atoms with van der Waals surface area (Å²) in [4.78, 5) is 20.5. The smallest absolute Gasteiger partial charge is 0.220 e. The number of hydrogen-bond acceptors (Lipinski definition) is 4. The highest BCUT2D eigenvalue weighted by molar-refractivity contribution is 5.76. The lowest BCUT2D eigenvalue weighted by atomic mass is 10.1. The number of furan rings is 1. The highest BCUT2D eigenvalue weighted by Gasteiger charge is 2.09. The molecule has 0 aliphatic rings. The minimum absolute atomic E-state index is 0.0210. The van der Waals surface area contributed by atoms with E-state index in [1.54, 1.807) is 18.6 Å². The van der Waals surface area contributed by atoms with Crippen LogP contribution in [0.5, 0.6) is 0 Å². The average Bonchev–Trinajstić information content (AvgIpc) is 3.32. The number of carbonyl (C=O) groups excluding carboxylic acids is 1. The molecule has 0 aliphatic carbocycles. The van der Waals surface area contributed by atoms with Crippen LogP contribution < -0.4 is 5.32 Å². The fourth-order valence-electron chi connectivity index (χ4n) is 2.93. The molecular weight excluding hydrogens is 340 g/mol. The Labute approximate surface area is 156 Å². The molecule has 27 heavy (non-hydrogen) atoms. The van der Waals surface area contributed by atoms with Crippen LogP contribution in [0.25, 0.3) is 17.0 Å². The van der Waals surface area contributed by atoms with Crippen molar-refractivity contribution >= 4 is 11.6 Å². The van der Waals surface area contributed by atoms with E-state index >= 15 is 0 Å². The van der Waals surface area contributed by atoms with Crippen LogP contribution in [0.3, 0.4) is 0 Å². The molecule has 0 radical (unpaired) electrons. The van der Waals surface area contributed by atoms with Gasteiger partial charge in [-0.05, 0) is 19.1 Å². The molecule has 136 valence electrons. The van der Waals surface area contributed by atoms with E-state index in [0.717, 1.165) is 28.4 Å². The largest absolute Gasteiger partial charge is 0.461 e. The summed E-state index contributed by atoms with van der Waals surface area (Å²) in [6, 6.07) is 12.1. The third-order valence-electron chi connectivity index (χ3n) is 4.46. The maximum absolute atomic E-state index is 12.2. The van der Waals surface area contributed by atoms with Crippen LogP contribution in [-0.4, -0.2) is 20.3 Å². The Balaban J connectivity index is 1.31. The van der Waals surface area contributed by atoms with Gasteiger partial charge in [-0.25, -0.2) is 4.98 Å². The number of aryl methyl sites for hydroxylation is 2. The molecule has 0 saturated heterocycles. The maximum atomic E-state index is 12.2. The van der Waals surface area contributed by atoms with Crippen LogP contribution in [0.1, 0.15) is 23.4 Å². The summed E-state index contributed by atoms with van der Waals surface area (Å²) in [6.07, 6.45) is 7.90. The molecule has 1 N–H and O–H groups in total. The van der Waals surface area contributed by atoms with Gasteiger partial charge in [0.1, 0.15) is 11.5 Å². The molecule has 0 atom stereocenters. The zero-order valence-electron chi connectivity index (χ0n) is 15.1. The third kappa shape index (κ3) is 3.89. The fourth-order valence-corrected chi connectivity index (χ4v) is 2.93. The number of carbonyl (C=O) groups is 1. The molecule has 1 aromatic carbocycles. The van der Waals surface area contributed by atoms with Crippen LogP contribution >= 0.6 is 0 Å². The van der Waals surface area contributed by atoms with E-state index in [9.17, 15) is 4.79 Å². The molecule has 0 fully saturated rings. The monoisotopic (exact) mass is 360 g/mol. The quantitative estimate of drug-likeness (QED) is 0.571. The first-order valence-corrected chi connectivity index (χ1v) is 8.87. The lowest BCUT2D eigenvalue weighted by Gasteiger charge is -2.04. The first kappa shape index (κ1) is 17.0. The lowest BCUT2D eigenvalue weighted by Crippen LogP contribution is -2.23. The predicted octanol–water partition coefficient (Wildman–Crippen LogP) is 3.55. The third-order valence-corrected chi connectivity index (χ3v) is 4.46. The van der Waals surface area contributed by atoms with Gasteiger partial charge in [0, 0.05) is 30.8 Å². The van der Waals surface area contributed by atoms with Crippen LogP contribution in [-0.2, 0) is 17.8 Å². The summed E-state index contributed by atoms with van der Waals surface area (Å²) in [5.74, 6) is 1.61. The number of benzene rings is 1. The predicted molar refractivity (Wildman–Crippen MR) is 102 cm³/mol. The zero-order valence-corrected chi connectivity index (χ0v) is 15.1. The van der Waals surface area contributed by atoms with Crippen molar-refractivity contribution in [1.82, 2.24) is 19.7 Å². The molecule has 0 saturated carbocycles. The number of hydrogen-bond donors (Lipinski definition) is 1. The molecule has 3 heterocycles. The number of rotatable bonds is 6. The molecule has 0 bridgehead atoms. The van der Waals surface area contributed by atoms with E-state index in [0.29, 0.717) is 19.4 Å². The molecule has 4 rings (SSSR count). The van der Waals surface area contributed by atoms with Gasteiger partial charge < -0.3 is 9.73 Å². The number of nitrogens with zero attached hydrogens (tertiary/aromatic N) is 3. The Morgan fingerprint density at radius 3 is 2.85 bits per heavy atom. The van der Waals surface area contributed by atoms with E-state index in [4.69, 9.17) is 4.42 Å². The van der Waals surface area contributed by atoms with E-state index < -0.39 is 0 Å². The molecular formula is C21H20N4O2. The van der Waals surface area contributed by atoms with Gasteiger partial charge in [0.05, 0.1) is 24.6 Å².